The Hall–Kier alpha value is -2.08. The Morgan fingerprint density at radius 1 is 1.61 bits per heavy atom. The summed E-state index contributed by atoms with van der Waals surface area (Å²) in [6.45, 7) is 3.54. The third-order valence-electron chi connectivity index (χ3n) is 2.08. The number of carbonyl (C=O) groups is 1. The molecule has 6 nitrogen and oxygen atoms in total. The second-order valence-electron chi connectivity index (χ2n) is 3.34. The van der Waals surface area contributed by atoms with E-state index in [0.29, 0.717) is 0 Å². The van der Waals surface area contributed by atoms with Gasteiger partial charge in [-0.05, 0) is 6.07 Å². The first-order chi connectivity index (χ1) is 8.45. The average molecular weight is 271 g/mol. The van der Waals surface area contributed by atoms with Crippen LogP contribution in [0.3, 0.4) is 0 Å². The van der Waals surface area contributed by atoms with Crippen LogP contribution in [-0.4, -0.2) is 24.5 Å². The zero-order chi connectivity index (χ0) is 13.7. The number of nitro groups is 1. The van der Waals surface area contributed by atoms with Gasteiger partial charge in [0.05, 0.1) is 30.2 Å². The van der Waals surface area contributed by atoms with Gasteiger partial charge >= 0.3 is 0 Å². The van der Waals surface area contributed by atoms with E-state index in [1.54, 1.807) is 0 Å². The largest absolute Gasteiger partial charge is 0.496 e. The highest BCUT2D eigenvalue weighted by molar-refractivity contribution is 6.29. The van der Waals surface area contributed by atoms with Crippen molar-refractivity contribution in [1.29, 1.82) is 0 Å². The topological polar surface area (TPSA) is 81.5 Å². The molecule has 1 rings (SSSR count). The lowest BCUT2D eigenvalue weighted by molar-refractivity contribution is -0.384. The number of non-ortho nitro benzene ring substituents is 1. The zero-order valence-electron chi connectivity index (χ0n) is 9.60. The van der Waals surface area contributed by atoms with Crippen LogP contribution in [0.4, 0.5) is 5.69 Å². The molecule has 0 radical (unpaired) electrons. The van der Waals surface area contributed by atoms with Crippen LogP contribution in [0, 0.1) is 10.1 Å². The number of nitrogens with zero attached hydrogens (tertiary/aromatic N) is 1. The van der Waals surface area contributed by atoms with Crippen molar-refractivity contribution in [3.05, 3.63) is 45.5 Å². The Morgan fingerprint density at radius 2 is 2.28 bits per heavy atom. The lowest BCUT2D eigenvalue weighted by atomic mass is 10.1. The molecule has 1 amide bonds. The summed E-state index contributed by atoms with van der Waals surface area (Å²) >= 11 is 5.52. The molecule has 0 saturated heterocycles. The lowest BCUT2D eigenvalue weighted by Crippen LogP contribution is -2.24. The molecule has 0 aliphatic heterocycles. The van der Waals surface area contributed by atoms with Crippen molar-refractivity contribution < 1.29 is 14.5 Å². The third-order valence-corrected chi connectivity index (χ3v) is 2.21. The first-order valence-electron chi connectivity index (χ1n) is 4.89. The minimum Gasteiger partial charge on any atom is -0.496 e. The number of hydrogen-bond acceptors (Lipinski definition) is 4. The number of halogens is 1. The molecule has 0 fully saturated rings. The molecule has 0 heterocycles. The van der Waals surface area contributed by atoms with E-state index in [-0.39, 0.29) is 28.6 Å². The molecule has 0 saturated carbocycles. The van der Waals surface area contributed by atoms with Crippen molar-refractivity contribution in [1.82, 2.24) is 5.32 Å². The van der Waals surface area contributed by atoms with Gasteiger partial charge in [0.15, 0.2) is 0 Å². The van der Waals surface area contributed by atoms with Crippen LogP contribution in [0.25, 0.3) is 0 Å². The number of nitro benzene ring substituents is 1. The molecule has 18 heavy (non-hydrogen) atoms. The molecule has 0 aromatic heterocycles. The molecule has 0 unspecified atom stereocenters. The number of amides is 1. The summed E-state index contributed by atoms with van der Waals surface area (Å²) in [7, 11) is 1.33. The zero-order valence-corrected chi connectivity index (χ0v) is 10.4. The second kappa shape index (κ2) is 6.02. The van der Waals surface area contributed by atoms with Crippen LogP contribution in [0.5, 0.6) is 5.75 Å². The van der Waals surface area contributed by atoms with E-state index in [1.165, 1.54) is 25.3 Å². The molecule has 1 aromatic rings. The lowest BCUT2D eigenvalue weighted by Gasteiger charge is -2.08. The van der Waals surface area contributed by atoms with Gasteiger partial charge < -0.3 is 10.1 Å². The van der Waals surface area contributed by atoms with Gasteiger partial charge in [0, 0.05) is 11.1 Å². The Balaban J connectivity index is 2.98. The van der Waals surface area contributed by atoms with Crippen molar-refractivity contribution in [2.45, 2.75) is 0 Å². The van der Waals surface area contributed by atoms with Gasteiger partial charge in [0.2, 0.25) is 0 Å². The second-order valence-corrected chi connectivity index (χ2v) is 3.88. The number of nitrogens with one attached hydrogen (secondary N) is 1. The van der Waals surface area contributed by atoms with Crippen molar-refractivity contribution in [2.75, 3.05) is 13.7 Å². The normalized spacial score (nSPS) is 9.67. The van der Waals surface area contributed by atoms with E-state index in [1.807, 2.05) is 0 Å². The minimum atomic E-state index is -0.565. The molecule has 0 atom stereocenters. The molecule has 0 spiro atoms. The summed E-state index contributed by atoms with van der Waals surface area (Å²) in [5.74, 6) is -0.314. The molecular weight excluding hydrogens is 260 g/mol. The first kappa shape index (κ1) is 14.0. The molecule has 1 N–H and O–H groups in total. The molecule has 7 heteroatoms. The molecule has 0 aliphatic carbocycles. The van der Waals surface area contributed by atoms with Crippen LogP contribution in [0.1, 0.15) is 10.4 Å². The highest BCUT2D eigenvalue weighted by atomic mass is 35.5. The van der Waals surface area contributed by atoms with E-state index in [0.717, 1.165) is 0 Å². The van der Waals surface area contributed by atoms with Crippen molar-refractivity contribution in [3.63, 3.8) is 0 Å². The maximum absolute atomic E-state index is 11.7. The summed E-state index contributed by atoms with van der Waals surface area (Å²) in [6, 6.07) is 3.74. The summed E-state index contributed by atoms with van der Waals surface area (Å²) in [6.07, 6.45) is 0. The number of rotatable bonds is 5. The Labute approximate surface area is 108 Å². The number of methoxy groups -OCH3 is 1. The van der Waals surface area contributed by atoms with Gasteiger partial charge in [0.25, 0.3) is 11.6 Å². The van der Waals surface area contributed by atoms with Gasteiger partial charge in [0.1, 0.15) is 5.75 Å². The average Bonchev–Trinajstić information content (AvgIpc) is 2.34. The van der Waals surface area contributed by atoms with Crippen molar-refractivity contribution in [2.24, 2.45) is 0 Å². The highest BCUT2D eigenvalue weighted by Crippen LogP contribution is 2.24. The van der Waals surface area contributed by atoms with E-state index in [9.17, 15) is 14.9 Å². The quantitative estimate of drug-likeness (QED) is 0.656. The molecule has 0 aliphatic rings. The molecule has 96 valence electrons. The fraction of sp³-hybridized carbons (Fsp3) is 0.182. The monoisotopic (exact) mass is 270 g/mol. The van der Waals surface area contributed by atoms with E-state index in [4.69, 9.17) is 16.3 Å². The number of ether oxygens (including phenoxy) is 1. The molecule has 0 bridgehead atoms. The first-order valence-corrected chi connectivity index (χ1v) is 5.27. The number of hydrogen-bond donors (Lipinski definition) is 1. The highest BCUT2D eigenvalue weighted by Gasteiger charge is 2.16. The van der Waals surface area contributed by atoms with Crippen LogP contribution >= 0.6 is 11.6 Å². The minimum absolute atomic E-state index is 0.112. The predicted octanol–water partition coefficient (Wildman–Crippen LogP) is 2.09. The van der Waals surface area contributed by atoms with E-state index < -0.39 is 10.8 Å². The summed E-state index contributed by atoms with van der Waals surface area (Å²) in [4.78, 5) is 21.8. The Morgan fingerprint density at radius 3 is 2.78 bits per heavy atom. The van der Waals surface area contributed by atoms with Crippen LogP contribution in [0.15, 0.2) is 29.8 Å². The van der Waals surface area contributed by atoms with Crippen LogP contribution in [-0.2, 0) is 0 Å². The SMILES string of the molecule is C=C(Cl)CNC(=O)c1ccc([N+](=O)[O-])cc1OC. The van der Waals surface area contributed by atoms with Gasteiger partial charge in [-0.25, -0.2) is 0 Å². The van der Waals surface area contributed by atoms with Gasteiger partial charge in [-0.1, -0.05) is 18.2 Å². The summed E-state index contributed by atoms with van der Waals surface area (Å²) in [5.41, 5.74) is 0.0474. The van der Waals surface area contributed by atoms with Crippen LogP contribution in [0.2, 0.25) is 0 Å². The third kappa shape index (κ3) is 3.46. The maximum Gasteiger partial charge on any atom is 0.273 e. The Kier molecular flexibility index (Phi) is 4.67. The van der Waals surface area contributed by atoms with Gasteiger partial charge in [-0.3, -0.25) is 14.9 Å². The standard InChI is InChI=1S/C11H11ClN2O4/c1-7(12)6-13-11(15)9-4-3-8(14(16)17)5-10(9)18-2/h3-5H,1,6H2,2H3,(H,13,15). The molecular formula is C11H11ClN2O4. The molecule has 1 aromatic carbocycles. The fourth-order valence-electron chi connectivity index (χ4n) is 1.25. The van der Waals surface area contributed by atoms with Gasteiger partial charge in [-0.2, -0.15) is 0 Å². The summed E-state index contributed by atoms with van der Waals surface area (Å²) < 4.78 is 4.94. The smallest absolute Gasteiger partial charge is 0.273 e. The predicted molar refractivity (Wildman–Crippen MR) is 67.0 cm³/mol. The van der Waals surface area contributed by atoms with E-state index in [2.05, 4.69) is 11.9 Å². The van der Waals surface area contributed by atoms with Gasteiger partial charge in [-0.15, -0.1) is 0 Å². The van der Waals surface area contributed by atoms with Crippen LogP contribution < -0.4 is 10.1 Å². The van der Waals surface area contributed by atoms with Crippen molar-refractivity contribution in [3.8, 4) is 5.75 Å². The Bertz CT molecular complexity index is 502. The summed E-state index contributed by atoms with van der Waals surface area (Å²) in [5, 5.41) is 13.4. The number of carbonyl (C=O) groups excluding carboxylic acids is 1. The maximum atomic E-state index is 11.7. The van der Waals surface area contributed by atoms with Crippen molar-refractivity contribution >= 4 is 23.2 Å². The van der Waals surface area contributed by atoms with E-state index >= 15 is 0 Å². The fourth-order valence-corrected chi connectivity index (χ4v) is 1.32. The number of benzene rings is 1.